The first-order valence-electron chi connectivity index (χ1n) is 8.98. The minimum absolute atomic E-state index is 0.0293. The summed E-state index contributed by atoms with van der Waals surface area (Å²) in [5.74, 6) is -0.0293. The Morgan fingerprint density at radius 3 is 2.56 bits per heavy atom. The van der Waals surface area contributed by atoms with Gasteiger partial charge in [0.1, 0.15) is 0 Å². The van der Waals surface area contributed by atoms with Crippen molar-refractivity contribution in [2.45, 2.75) is 20.4 Å². The van der Waals surface area contributed by atoms with Crippen molar-refractivity contribution >= 4 is 27.7 Å². The van der Waals surface area contributed by atoms with Crippen LogP contribution in [0.2, 0.25) is 0 Å². The third-order valence-corrected chi connectivity index (χ3v) is 5.00. The Labute approximate surface area is 158 Å². The second kappa shape index (κ2) is 6.50. The summed E-state index contributed by atoms with van der Waals surface area (Å²) in [7, 11) is 3.70. The molecule has 0 saturated heterocycles. The molecule has 4 aromatic rings. The Morgan fingerprint density at radius 2 is 1.78 bits per heavy atom. The number of pyridine rings is 1. The van der Waals surface area contributed by atoms with E-state index in [4.69, 9.17) is 0 Å². The summed E-state index contributed by atoms with van der Waals surface area (Å²) in [6.45, 7) is 4.36. The van der Waals surface area contributed by atoms with Crippen molar-refractivity contribution in [1.82, 2.24) is 19.7 Å². The molecule has 0 aliphatic rings. The second-order valence-corrected chi connectivity index (χ2v) is 7.04. The topological polar surface area (TPSA) is 51.0 Å². The highest BCUT2D eigenvalue weighted by atomic mass is 16.2. The molecule has 1 amide bonds. The number of hydrogen-bond acceptors (Lipinski definition) is 3. The Hall–Kier alpha value is -3.21. The fraction of sp³-hybridized carbons (Fsp3) is 0.227. The first-order valence-corrected chi connectivity index (χ1v) is 8.98. The van der Waals surface area contributed by atoms with Gasteiger partial charge in [-0.3, -0.25) is 9.48 Å². The molecule has 0 bridgehead atoms. The van der Waals surface area contributed by atoms with E-state index in [2.05, 4.69) is 40.4 Å². The van der Waals surface area contributed by atoms with Crippen LogP contribution in [0.4, 0.5) is 0 Å². The number of fused-ring (bicyclic) bond motifs is 2. The lowest BCUT2D eigenvalue weighted by Crippen LogP contribution is -2.27. The van der Waals surface area contributed by atoms with E-state index in [0.717, 1.165) is 28.0 Å². The van der Waals surface area contributed by atoms with Gasteiger partial charge < -0.3 is 4.90 Å². The Balaban J connectivity index is 1.64. The molecule has 136 valence electrons. The molecule has 0 unspecified atom stereocenters. The third kappa shape index (κ3) is 3.05. The maximum atomic E-state index is 13.1. The summed E-state index contributed by atoms with van der Waals surface area (Å²) in [5.41, 5.74) is 4.14. The molecule has 0 radical (unpaired) electrons. The van der Waals surface area contributed by atoms with Crippen LogP contribution in [0.25, 0.3) is 21.8 Å². The Kier molecular flexibility index (Phi) is 4.15. The molecule has 5 heteroatoms. The zero-order chi connectivity index (χ0) is 19.1. The number of benzene rings is 2. The van der Waals surface area contributed by atoms with Gasteiger partial charge in [0.05, 0.1) is 17.0 Å². The SMILES string of the molecule is Cc1nc2c(cc1C(=O)N(C)Cc1ccc3ccccc3c1)c(C)nn2C. The van der Waals surface area contributed by atoms with Crippen LogP contribution in [-0.4, -0.2) is 32.6 Å². The average molecular weight is 358 g/mol. The zero-order valence-corrected chi connectivity index (χ0v) is 16.0. The van der Waals surface area contributed by atoms with Gasteiger partial charge in [-0.25, -0.2) is 4.98 Å². The van der Waals surface area contributed by atoms with E-state index in [1.54, 1.807) is 9.58 Å². The van der Waals surface area contributed by atoms with Crippen LogP contribution in [-0.2, 0) is 13.6 Å². The van der Waals surface area contributed by atoms with Crippen LogP contribution in [0.1, 0.15) is 27.3 Å². The van der Waals surface area contributed by atoms with E-state index in [1.165, 1.54) is 10.8 Å². The molecule has 4 rings (SSSR count). The molecule has 0 aliphatic carbocycles. The predicted molar refractivity (Wildman–Crippen MR) is 108 cm³/mol. The molecule has 0 saturated carbocycles. The summed E-state index contributed by atoms with van der Waals surface area (Å²) >= 11 is 0. The number of aryl methyl sites for hydroxylation is 3. The molecule has 2 heterocycles. The lowest BCUT2D eigenvalue weighted by Gasteiger charge is -2.19. The van der Waals surface area contributed by atoms with Crippen molar-refractivity contribution in [2.24, 2.45) is 7.05 Å². The number of carbonyl (C=O) groups is 1. The van der Waals surface area contributed by atoms with E-state index in [9.17, 15) is 4.79 Å². The number of carbonyl (C=O) groups excluding carboxylic acids is 1. The van der Waals surface area contributed by atoms with Crippen LogP contribution >= 0.6 is 0 Å². The fourth-order valence-corrected chi connectivity index (χ4v) is 3.54. The van der Waals surface area contributed by atoms with Crippen molar-refractivity contribution in [3.63, 3.8) is 0 Å². The number of rotatable bonds is 3. The van der Waals surface area contributed by atoms with E-state index in [0.29, 0.717) is 12.1 Å². The normalized spacial score (nSPS) is 11.3. The Morgan fingerprint density at radius 1 is 1.04 bits per heavy atom. The van der Waals surface area contributed by atoms with E-state index >= 15 is 0 Å². The van der Waals surface area contributed by atoms with Gasteiger partial charge in [0.15, 0.2) is 5.65 Å². The van der Waals surface area contributed by atoms with Gasteiger partial charge >= 0.3 is 0 Å². The lowest BCUT2D eigenvalue weighted by atomic mass is 10.1. The summed E-state index contributed by atoms with van der Waals surface area (Å²) in [6.07, 6.45) is 0. The van der Waals surface area contributed by atoms with E-state index in [-0.39, 0.29) is 5.91 Å². The standard InChI is InChI=1S/C22H22N4O/c1-14-20(12-19-15(2)24-26(4)21(19)23-14)22(27)25(3)13-16-9-10-17-7-5-6-8-18(17)11-16/h5-12H,13H2,1-4H3. The second-order valence-electron chi connectivity index (χ2n) is 7.04. The average Bonchev–Trinajstić information content (AvgIpc) is 2.93. The van der Waals surface area contributed by atoms with Crippen molar-refractivity contribution < 1.29 is 4.79 Å². The van der Waals surface area contributed by atoms with Crippen molar-refractivity contribution in [3.05, 3.63) is 71.0 Å². The predicted octanol–water partition coefficient (Wildman–Crippen LogP) is 4.01. The smallest absolute Gasteiger partial charge is 0.255 e. The molecule has 0 aliphatic heterocycles. The highest BCUT2D eigenvalue weighted by Gasteiger charge is 2.18. The van der Waals surface area contributed by atoms with Gasteiger partial charge in [0, 0.05) is 26.0 Å². The van der Waals surface area contributed by atoms with Crippen LogP contribution in [0.5, 0.6) is 0 Å². The first-order chi connectivity index (χ1) is 12.9. The maximum Gasteiger partial charge on any atom is 0.255 e. The summed E-state index contributed by atoms with van der Waals surface area (Å²) in [5, 5.41) is 7.71. The van der Waals surface area contributed by atoms with Crippen LogP contribution in [0.15, 0.2) is 48.5 Å². The monoisotopic (exact) mass is 358 g/mol. The number of hydrogen-bond donors (Lipinski definition) is 0. The zero-order valence-electron chi connectivity index (χ0n) is 16.0. The maximum absolute atomic E-state index is 13.1. The highest BCUT2D eigenvalue weighted by molar-refractivity contribution is 5.98. The van der Waals surface area contributed by atoms with Crippen molar-refractivity contribution in [3.8, 4) is 0 Å². The van der Waals surface area contributed by atoms with Gasteiger partial charge in [-0.1, -0.05) is 36.4 Å². The third-order valence-electron chi connectivity index (χ3n) is 5.00. The van der Waals surface area contributed by atoms with Crippen LogP contribution < -0.4 is 0 Å². The molecular weight excluding hydrogens is 336 g/mol. The van der Waals surface area contributed by atoms with Crippen molar-refractivity contribution in [1.29, 1.82) is 0 Å². The molecule has 0 fully saturated rings. The highest BCUT2D eigenvalue weighted by Crippen LogP contribution is 2.21. The summed E-state index contributed by atoms with van der Waals surface area (Å²) < 4.78 is 1.75. The lowest BCUT2D eigenvalue weighted by molar-refractivity contribution is 0.0784. The van der Waals surface area contributed by atoms with Crippen LogP contribution in [0.3, 0.4) is 0 Å². The van der Waals surface area contributed by atoms with Crippen molar-refractivity contribution in [2.75, 3.05) is 7.05 Å². The van der Waals surface area contributed by atoms with Crippen LogP contribution in [0, 0.1) is 13.8 Å². The van der Waals surface area contributed by atoms with Gasteiger partial charge in [-0.05, 0) is 42.3 Å². The van der Waals surface area contributed by atoms with Gasteiger partial charge in [0.25, 0.3) is 5.91 Å². The van der Waals surface area contributed by atoms with E-state index in [1.807, 2.05) is 46.1 Å². The summed E-state index contributed by atoms with van der Waals surface area (Å²) in [4.78, 5) is 19.4. The minimum atomic E-state index is -0.0293. The van der Waals surface area contributed by atoms with Gasteiger partial charge in [-0.15, -0.1) is 0 Å². The first kappa shape index (κ1) is 17.2. The Bertz CT molecular complexity index is 1180. The largest absolute Gasteiger partial charge is 0.337 e. The van der Waals surface area contributed by atoms with E-state index < -0.39 is 0 Å². The number of amides is 1. The molecule has 2 aromatic heterocycles. The molecule has 0 atom stereocenters. The number of aromatic nitrogens is 3. The minimum Gasteiger partial charge on any atom is -0.337 e. The molecule has 27 heavy (non-hydrogen) atoms. The quantitative estimate of drug-likeness (QED) is 0.556. The molecule has 5 nitrogen and oxygen atoms in total. The fourth-order valence-electron chi connectivity index (χ4n) is 3.54. The number of nitrogens with zero attached hydrogens (tertiary/aromatic N) is 4. The summed E-state index contributed by atoms with van der Waals surface area (Å²) in [6, 6.07) is 16.5. The van der Waals surface area contributed by atoms with Gasteiger partial charge in [-0.2, -0.15) is 5.10 Å². The van der Waals surface area contributed by atoms with Gasteiger partial charge in [0.2, 0.25) is 0 Å². The molecule has 0 N–H and O–H groups in total. The molecule has 2 aromatic carbocycles. The molecular formula is C22H22N4O. The molecule has 0 spiro atoms.